The van der Waals surface area contributed by atoms with Gasteiger partial charge < -0.3 is 15.2 Å². The highest BCUT2D eigenvalue weighted by molar-refractivity contribution is 6.13. The van der Waals surface area contributed by atoms with Crippen LogP contribution < -0.4 is 10.2 Å². The number of rotatable bonds is 8. The highest BCUT2D eigenvalue weighted by Crippen LogP contribution is 2.34. The Kier molecular flexibility index (Phi) is 8.17. The van der Waals surface area contributed by atoms with Gasteiger partial charge in [-0.15, -0.1) is 0 Å². The number of fused-ring (bicyclic) bond motifs is 1. The van der Waals surface area contributed by atoms with Gasteiger partial charge in [-0.25, -0.2) is 14.6 Å². The second kappa shape index (κ2) is 11.7. The van der Waals surface area contributed by atoms with E-state index in [1.807, 2.05) is 12.1 Å². The molecule has 10 nitrogen and oxygen atoms in total. The van der Waals surface area contributed by atoms with Crippen LogP contribution >= 0.6 is 0 Å². The number of hydrogen-bond donors (Lipinski definition) is 2. The smallest absolute Gasteiger partial charge is 0.345 e. The number of carbonyl (C=O) groups is 4. The van der Waals surface area contributed by atoms with E-state index in [0.29, 0.717) is 5.69 Å². The molecule has 0 saturated heterocycles. The van der Waals surface area contributed by atoms with E-state index in [2.05, 4.69) is 5.32 Å². The van der Waals surface area contributed by atoms with Crippen LogP contribution in [0.1, 0.15) is 54.9 Å². The number of ether oxygens (including phenoxy) is 1. The molecule has 1 saturated carbocycles. The summed E-state index contributed by atoms with van der Waals surface area (Å²) in [6.45, 7) is 1.12. The monoisotopic (exact) mass is 506 g/mol. The van der Waals surface area contributed by atoms with Crippen LogP contribution in [-0.4, -0.2) is 59.4 Å². The molecule has 2 aromatic rings. The van der Waals surface area contributed by atoms with E-state index in [0.717, 1.165) is 48.4 Å². The molecule has 37 heavy (non-hydrogen) atoms. The average Bonchev–Trinajstić information content (AvgIpc) is 3.00. The molecule has 1 fully saturated rings. The molecule has 2 aliphatic rings. The molecule has 1 aliphatic heterocycles. The van der Waals surface area contributed by atoms with Crippen molar-refractivity contribution in [1.82, 2.24) is 5.01 Å². The van der Waals surface area contributed by atoms with Crippen molar-refractivity contribution < 1.29 is 29.0 Å². The van der Waals surface area contributed by atoms with Crippen molar-refractivity contribution in [3.8, 4) is 0 Å². The second-order valence-electron chi connectivity index (χ2n) is 9.00. The van der Waals surface area contributed by atoms with Gasteiger partial charge in [0.2, 0.25) is 5.91 Å². The number of carboxylic acid groups (broad SMARTS) is 1. The van der Waals surface area contributed by atoms with E-state index in [4.69, 9.17) is 9.84 Å². The molecule has 2 aromatic carbocycles. The Hall–Kier alpha value is -4.21. The number of urea groups is 1. The number of hydrazone groups is 1. The summed E-state index contributed by atoms with van der Waals surface area (Å²) in [6, 6.07) is 12.5. The fourth-order valence-electron chi connectivity index (χ4n) is 4.73. The van der Waals surface area contributed by atoms with Gasteiger partial charge in [0.25, 0.3) is 0 Å². The Morgan fingerprint density at radius 2 is 1.81 bits per heavy atom. The fraction of sp³-hybridized carbons (Fsp3) is 0.370. The third-order valence-corrected chi connectivity index (χ3v) is 6.42. The van der Waals surface area contributed by atoms with Crippen molar-refractivity contribution >= 4 is 41.0 Å². The first-order valence-corrected chi connectivity index (χ1v) is 12.4. The Morgan fingerprint density at radius 1 is 1.05 bits per heavy atom. The molecule has 0 radical (unpaired) electrons. The van der Waals surface area contributed by atoms with Crippen LogP contribution in [0, 0.1) is 5.92 Å². The quantitative estimate of drug-likeness (QED) is 0.519. The van der Waals surface area contributed by atoms with Gasteiger partial charge in [0.15, 0.2) is 0 Å². The van der Waals surface area contributed by atoms with E-state index < -0.39 is 30.4 Å². The summed E-state index contributed by atoms with van der Waals surface area (Å²) in [4.78, 5) is 51.7. The van der Waals surface area contributed by atoms with Crippen LogP contribution in [0.4, 0.5) is 16.2 Å². The summed E-state index contributed by atoms with van der Waals surface area (Å²) < 4.78 is 5.10. The minimum atomic E-state index is -1.12. The summed E-state index contributed by atoms with van der Waals surface area (Å²) in [5.74, 6) is -2.12. The van der Waals surface area contributed by atoms with E-state index in [1.54, 1.807) is 25.1 Å². The number of amides is 3. The summed E-state index contributed by atoms with van der Waals surface area (Å²) in [5, 5.41) is 17.7. The highest BCUT2D eigenvalue weighted by atomic mass is 16.5. The summed E-state index contributed by atoms with van der Waals surface area (Å²) in [7, 11) is 0. The summed E-state index contributed by atoms with van der Waals surface area (Å²) >= 11 is 0. The molecule has 2 N–H and O–H groups in total. The van der Waals surface area contributed by atoms with Gasteiger partial charge in [0.1, 0.15) is 13.1 Å². The number of carboxylic acids is 1. The molecular weight excluding hydrogens is 476 g/mol. The van der Waals surface area contributed by atoms with Crippen LogP contribution in [0.15, 0.2) is 53.6 Å². The zero-order chi connectivity index (χ0) is 26.4. The maximum atomic E-state index is 13.7. The van der Waals surface area contributed by atoms with Crippen LogP contribution in [0.3, 0.4) is 0 Å². The molecule has 3 amide bonds. The number of anilines is 2. The third kappa shape index (κ3) is 6.14. The molecule has 1 aliphatic carbocycles. The van der Waals surface area contributed by atoms with Gasteiger partial charge in [0, 0.05) is 17.2 Å². The molecule has 0 atom stereocenters. The lowest BCUT2D eigenvalue weighted by Gasteiger charge is -2.25. The lowest BCUT2D eigenvalue weighted by atomic mass is 9.83. The molecule has 0 aromatic heterocycles. The Morgan fingerprint density at radius 3 is 2.54 bits per heavy atom. The number of nitrogens with one attached hydrogen (secondary N) is 1. The van der Waals surface area contributed by atoms with Crippen molar-refractivity contribution in [3.05, 3.63) is 59.7 Å². The maximum absolute atomic E-state index is 13.7. The normalized spacial score (nSPS) is 15.9. The van der Waals surface area contributed by atoms with Crippen LogP contribution in [0.25, 0.3) is 0 Å². The number of carbonyl (C=O) groups excluding carboxylic acids is 3. The zero-order valence-electron chi connectivity index (χ0n) is 20.7. The molecule has 0 bridgehead atoms. The lowest BCUT2D eigenvalue weighted by molar-refractivity contribution is -0.141. The highest BCUT2D eigenvalue weighted by Gasteiger charge is 2.35. The van der Waals surface area contributed by atoms with Gasteiger partial charge in [-0.05, 0) is 44.0 Å². The van der Waals surface area contributed by atoms with Crippen molar-refractivity contribution in [2.24, 2.45) is 11.0 Å². The number of nitrogens with zero attached hydrogens (tertiary/aromatic N) is 3. The first-order valence-electron chi connectivity index (χ1n) is 12.4. The summed E-state index contributed by atoms with van der Waals surface area (Å²) in [5.41, 5.74) is 2.33. The SMILES string of the molecule is CCOC(=O)CN1C(=O)N(CC(=O)Nc2cccc(C(=O)O)c2)N=C(C2CCCCC2)c2ccccc21. The van der Waals surface area contributed by atoms with Crippen molar-refractivity contribution in [2.45, 2.75) is 39.0 Å². The second-order valence-corrected chi connectivity index (χ2v) is 9.00. The number of esters is 1. The standard InChI is InChI=1S/C27H30N4O6/c1-2-37-24(33)17-30-22-14-7-6-13-21(22)25(18-9-4-3-5-10-18)29-31(27(30)36)16-23(32)28-20-12-8-11-19(15-20)26(34)35/h6-8,11-15,18H,2-5,9-10,16-17H2,1H3,(H,28,32)(H,34,35). The van der Waals surface area contributed by atoms with E-state index >= 15 is 0 Å². The van der Waals surface area contributed by atoms with Crippen LogP contribution in [0.5, 0.6) is 0 Å². The number of aromatic carboxylic acids is 1. The zero-order valence-corrected chi connectivity index (χ0v) is 20.7. The van der Waals surface area contributed by atoms with Crippen molar-refractivity contribution in [1.29, 1.82) is 0 Å². The van der Waals surface area contributed by atoms with E-state index in [-0.39, 0.29) is 30.3 Å². The van der Waals surface area contributed by atoms with Gasteiger partial charge in [0.05, 0.1) is 23.6 Å². The number of hydrogen-bond acceptors (Lipinski definition) is 6. The van der Waals surface area contributed by atoms with Gasteiger partial charge in [-0.1, -0.05) is 43.5 Å². The third-order valence-electron chi connectivity index (χ3n) is 6.42. The van der Waals surface area contributed by atoms with Gasteiger partial charge in [-0.2, -0.15) is 5.10 Å². The molecule has 0 unspecified atom stereocenters. The lowest BCUT2D eigenvalue weighted by Crippen LogP contribution is -2.45. The fourth-order valence-corrected chi connectivity index (χ4v) is 4.73. The minimum absolute atomic E-state index is 0.0253. The predicted molar refractivity (Wildman–Crippen MR) is 138 cm³/mol. The number of benzene rings is 2. The summed E-state index contributed by atoms with van der Waals surface area (Å²) in [6.07, 6.45) is 5.07. The first kappa shape index (κ1) is 25.9. The molecule has 0 spiro atoms. The molecule has 1 heterocycles. The Bertz CT molecular complexity index is 1220. The minimum Gasteiger partial charge on any atom is -0.478 e. The van der Waals surface area contributed by atoms with Gasteiger partial charge in [-0.3, -0.25) is 14.5 Å². The molecule has 4 rings (SSSR count). The molecule has 10 heteroatoms. The Labute approximate surface area is 214 Å². The van der Waals surface area contributed by atoms with E-state index in [9.17, 15) is 24.3 Å². The first-order chi connectivity index (χ1) is 17.9. The van der Waals surface area contributed by atoms with Crippen molar-refractivity contribution in [2.75, 3.05) is 29.9 Å². The topological polar surface area (TPSA) is 129 Å². The molecular formula is C27H30N4O6. The van der Waals surface area contributed by atoms with Crippen LogP contribution in [-0.2, 0) is 14.3 Å². The average molecular weight is 507 g/mol. The molecule has 194 valence electrons. The Balaban J connectivity index is 1.67. The maximum Gasteiger partial charge on any atom is 0.345 e. The number of para-hydroxylation sites is 1. The predicted octanol–water partition coefficient (Wildman–Crippen LogP) is 4.11. The van der Waals surface area contributed by atoms with Gasteiger partial charge >= 0.3 is 18.0 Å². The van der Waals surface area contributed by atoms with Crippen molar-refractivity contribution in [3.63, 3.8) is 0 Å². The van der Waals surface area contributed by atoms with E-state index in [1.165, 1.54) is 23.1 Å². The van der Waals surface area contributed by atoms with Crippen LogP contribution in [0.2, 0.25) is 0 Å². The largest absolute Gasteiger partial charge is 0.478 e.